The Kier molecular flexibility index (Phi) is 7.46. The van der Waals surface area contributed by atoms with Crippen LogP contribution < -0.4 is 0 Å². The van der Waals surface area contributed by atoms with E-state index in [-0.39, 0.29) is 12.2 Å². The molecule has 8 atom stereocenters. The molecule has 5 aliphatic carbocycles. The van der Waals surface area contributed by atoms with E-state index in [9.17, 15) is 5.11 Å². The van der Waals surface area contributed by atoms with E-state index in [1.807, 2.05) is 20.8 Å². The Morgan fingerprint density at radius 2 is 1.53 bits per heavy atom. The third kappa shape index (κ3) is 3.80. The molecule has 1 unspecified atom stereocenters. The van der Waals surface area contributed by atoms with Gasteiger partial charge < -0.3 is 28.8 Å². The van der Waals surface area contributed by atoms with Gasteiger partial charge in [0.25, 0.3) is 0 Å². The summed E-state index contributed by atoms with van der Waals surface area (Å²) in [4.78, 5) is 0. The van der Waals surface area contributed by atoms with Crippen molar-refractivity contribution < 1.29 is 28.8 Å². The van der Waals surface area contributed by atoms with E-state index in [2.05, 4.69) is 26.0 Å². The summed E-state index contributed by atoms with van der Waals surface area (Å²) in [6.07, 6.45) is 14.2. The SMILES string of the molecule is CCOCO[C@H]1CC[C@@]2(C)[C@H](CC[C@@H]3[C@@H]2CC[C@]2(C)C(O)(C4(OCC)CC4)C=C[C@]32OCOCC)C1. The van der Waals surface area contributed by atoms with Crippen LogP contribution in [0.2, 0.25) is 0 Å². The predicted octanol–water partition coefficient (Wildman–Crippen LogP) is 5.62. The van der Waals surface area contributed by atoms with Gasteiger partial charge in [-0.1, -0.05) is 26.0 Å². The van der Waals surface area contributed by atoms with Crippen LogP contribution in [0.25, 0.3) is 0 Å². The molecule has 4 fully saturated rings. The van der Waals surface area contributed by atoms with Crippen LogP contribution in [0.4, 0.5) is 0 Å². The molecule has 0 aromatic rings. The summed E-state index contributed by atoms with van der Waals surface area (Å²) in [6.45, 7) is 13.5. The van der Waals surface area contributed by atoms with Crippen LogP contribution in [-0.4, -0.2) is 61.4 Å². The monoisotopic (exact) mass is 506 g/mol. The second kappa shape index (κ2) is 9.91. The highest BCUT2D eigenvalue weighted by Gasteiger charge is 2.77. The van der Waals surface area contributed by atoms with Gasteiger partial charge in [-0.3, -0.25) is 0 Å². The van der Waals surface area contributed by atoms with E-state index in [0.717, 1.165) is 44.9 Å². The molecule has 6 nitrogen and oxygen atoms in total. The number of ether oxygens (including phenoxy) is 5. The standard InChI is InChI=1S/C30H50O6/c1-6-32-20-34-23-11-13-26(4)22(19-23)9-10-25-24(26)12-14-27(5)29(25,36-21-33-7-2)17-18-30(27,31)28(15-16-28)35-8-3/h17-18,22-25,31H,6-16,19-21H2,1-5H3/t22-,23+,24+,25-,26+,27+,29+,30?/m1/s1. The van der Waals surface area contributed by atoms with Crippen LogP contribution in [0.3, 0.4) is 0 Å². The Morgan fingerprint density at radius 3 is 2.22 bits per heavy atom. The van der Waals surface area contributed by atoms with Gasteiger partial charge in [0, 0.05) is 25.2 Å². The molecule has 0 saturated heterocycles. The smallest absolute Gasteiger partial charge is 0.147 e. The number of hydrogen-bond donors (Lipinski definition) is 1. The molecule has 0 radical (unpaired) electrons. The van der Waals surface area contributed by atoms with E-state index in [1.54, 1.807) is 0 Å². The zero-order valence-electron chi connectivity index (χ0n) is 23.4. The van der Waals surface area contributed by atoms with Gasteiger partial charge in [-0.15, -0.1) is 0 Å². The fourth-order valence-corrected chi connectivity index (χ4v) is 9.27. The number of fused-ring (bicyclic) bond motifs is 5. The molecule has 1 N–H and O–H groups in total. The van der Waals surface area contributed by atoms with Crippen molar-refractivity contribution in [3.05, 3.63) is 12.2 Å². The van der Waals surface area contributed by atoms with E-state index >= 15 is 0 Å². The molecule has 5 rings (SSSR count). The quantitative estimate of drug-likeness (QED) is 0.223. The van der Waals surface area contributed by atoms with Gasteiger partial charge in [0.15, 0.2) is 0 Å². The van der Waals surface area contributed by atoms with Crippen molar-refractivity contribution in [1.29, 1.82) is 0 Å². The van der Waals surface area contributed by atoms with Crippen molar-refractivity contribution >= 4 is 0 Å². The summed E-state index contributed by atoms with van der Waals surface area (Å²) in [5.74, 6) is 1.59. The zero-order chi connectivity index (χ0) is 25.7. The van der Waals surface area contributed by atoms with Crippen molar-refractivity contribution in [2.75, 3.05) is 33.4 Å². The van der Waals surface area contributed by atoms with Gasteiger partial charge in [0.1, 0.15) is 30.4 Å². The van der Waals surface area contributed by atoms with E-state index in [1.165, 1.54) is 12.8 Å². The van der Waals surface area contributed by atoms with Gasteiger partial charge in [-0.2, -0.15) is 0 Å². The predicted molar refractivity (Wildman–Crippen MR) is 138 cm³/mol. The number of aliphatic hydroxyl groups is 1. The van der Waals surface area contributed by atoms with Gasteiger partial charge in [-0.25, -0.2) is 0 Å². The van der Waals surface area contributed by atoms with Crippen molar-refractivity contribution in [3.8, 4) is 0 Å². The molecule has 0 aliphatic heterocycles. The first-order valence-corrected chi connectivity index (χ1v) is 14.7. The van der Waals surface area contributed by atoms with Crippen LogP contribution in [0.5, 0.6) is 0 Å². The third-order valence-electron chi connectivity index (χ3n) is 11.4. The molecule has 0 aromatic carbocycles. The van der Waals surface area contributed by atoms with Gasteiger partial charge >= 0.3 is 0 Å². The lowest BCUT2D eigenvalue weighted by atomic mass is 9.42. The minimum Gasteiger partial charge on any atom is -0.382 e. The average Bonchev–Trinajstić information content (AvgIpc) is 3.61. The molecule has 0 aromatic heterocycles. The minimum atomic E-state index is -1.02. The summed E-state index contributed by atoms with van der Waals surface area (Å²) in [5, 5.41) is 12.5. The first kappa shape index (κ1) is 27.1. The van der Waals surface area contributed by atoms with E-state index in [0.29, 0.717) is 50.5 Å². The number of rotatable bonds is 11. The van der Waals surface area contributed by atoms with Gasteiger partial charge in [-0.05, 0) is 102 Å². The second-order valence-electron chi connectivity index (χ2n) is 12.6. The highest BCUT2D eigenvalue weighted by molar-refractivity contribution is 5.40. The topological polar surface area (TPSA) is 66.4 Å². The first-order chi connectivity index (χ1) is 17.3. The Morgan fingerprint density at radius 1 is 0.778 bits per heavy atom. The maximum atomic E-state index is 12.5. The maximum absolute atomic E-state index is 12.5. The van der Waals surface area contributed by atoms with Crippen molar-refractivity contribution in [3.63, 3.8) is 0 Å². The Hall–Kier alpha value is -0.500. The first-order valence-electron chi connectivity index (χ1n) is 14.7. The summed E-state index contributed by atoms with van der Waals surface area (Å²) < 4.78 is 30.5. The lowest BCUT2D eigenvalue weighted by molar-refractivity contribution is -0.285. The molecule has 4 saturated carbocycles. The Labute approximate surface area is 218 Å². The normalized spacial score (nSPS) is 46.7. The summed E-state index contributed by atoms with van der Waals surface area (Å²) in [5.41, 5.74) is -2.21. The molecule has 0 heterocycles. The molecule has 206 valence electrons. The Bertz CT molecular complexity index is 811. The molecule has 0 spiro atoms. The van der Waals surface area contributed by atoms with Crippen LogP contribution in [-0.2, 0) is 23.7 Å². The van der Waals surface area contributed by atoms with Crippen LogP contribution in [0, 0.1) is 28.6 Å². The average molecular weight is 507 g/mol. The van der Waals surface area contributed by atoms with Crippen molar-refractivity contribution in [2.45, 2.75) is 115 Å². The summed E-state index contributed by atoms with van der Waals surface area (Å²) in [6, 6.07) is 0. The third-order valence-corrected chi connectivity index (χ3v) is 11.4. The zero-order valence-corrected chi connectivity index (χ0v) is 23.4. The van der Waals surface area contributed by atoms with Crippen LogP contribution in [0.1, 0.15) is 92.4 Å². The highest BCUT2D eigenvalue weighted by atomic mass is 16.7. The fraction of sp³-hybridized carbons (Fsp3) is 0.933. The molecule has 36 heavy (non-hydrogen) atoms. The fourth-order valence-electron chi connectivity index (χ4n) is 9.27. The van der Waals surface area contributed by atoms with Crippen molar-refractivity contribution in [1.82, 2.24) is 0 Å². The molecule has 6 heteroatoms. The van der Waals surface area contributed by atoms with Crippen molar-refractivity contribution in [2.24, 2.45) is 28.6 Å². The van der Waals surface area contributed by atoms with E-state index < -0.39 is 22.2 Å². The summed E-state index contributed by atoms with van der Waals surface area (Å²) >= 11 is 0. The van der Waals surface area contributed by atoms with Crippen LogP contribution >= 0.6 is 0 Å². The summed E-state index contributed by atoms with van der Waals surface area (Å²) in [7, 11) is 0. The Balaban J connectivity index is 1.43. The van der Waals surface area contributed by atoms with E-state index in [4.69, 9.17) is 23.7 Å². The van der Waals surface area contributed by atoms with Gasteiger partial charge in [0.05, 0.1) is 6.10 Å². The van der Waals surface area contributed by atoms with Gasteiger partial charge in [0.2, 0.25) is 0 Å². The largest absolute Gasteiger partial charge is 0.382 e. The minimum absolute atomic E-state index is 0.267. The lowest BCUT2D eigenvalue weighted by Crippen LogP contribution is -2.69. The second-order valence-corrected chi connectivity index (χ2v) is 12.6. The number of hydrogen-bond acceptors (Lipinski definition) is 6. The molecule has 0 amide bonds. The maximum Gasteiger partial charge on any atom is 0.147 e. The molecular formula is C30H50O6. The molecule has 5 aliphatic rings. The lowest BCUT2D eigenvalue weighted by Gasteiger charge is -2.66. The molecular weight excluding hydrogens is 456 g/mol. The highest BCUT2D eigenvalue weighted by Crippen LogP contribution is 2.72. The van der Waals surface area contributed by atoms with Crippen LogP contribution in [0.15, 0.2) is 12.2 Å². The molecule has 0 bridgehead atoms.